The summed E-state index contributed by atoms with van der Waals surface area (Å²) in [6.45, 7) is 0. The van der Waals surface area contributed by atoms with Crippen LogP contribution in [0.1, 0.15) is 11.1 Å². The fraction of sp³-hybridized carbons (Fsp3) is 0.148. The molecule has 0 aliphatic carbocycles. The van der Waals surface area contributed by atoms with Crippen LogP contribution in [0.15, 0.2) is 89.5 Å². The highest BCUT2D eigenvalue weighted by molar-refractivity contribution is 8.05. The van der Waals surface area contributed by atoms with Gasteiger partial charge in [0.25, 0.3) is 5.91 Å². The number of rotatable bonds is 6. The van der Waals surface area contributed by atoms with Gasteiger partial charge in [-0.3, -0.25) is 14.5 Å². The molecule has 0 radical (unpaired) electrons. The average Bonchev–Trinajstić information content (AvgIpc) is 3.20. The molecule has 6 nitrogen and oxygen atoms in total. The first-order valence-electron chi connectivity index (χ1n) is 11.0. The van der Waals surface area contributed by atoms with E-state index in [1.54, 1.807) is 54.6 Å². The number of methoxy groups -OCH3 is 1. The Balaban J connectivity index is 1.71. The number of para-hydroxylation sites is 3. The van der Waals surface area contributed by atoms with Crippen LogP contribution >= 0.6 is 11.8 Å². The number of benzene rings is 3. The highest BCUT2D eigenvalue weighted by atomic mass is 32.2. The van der Waals surface area contributed by atoms with Gasteiger partial charge in [0.05, 0.1) is 23.6 Å². The Bertz CT molecular complexity index is 1400. The minimum Gasteiger partial charge on any atom is -0.495 e. The van der Waals surface area contributed by atoms with Crippen LogP contribution in [0.5, 0.6) is 5.75 Å². The number of nitriles is 1. The number of nitrogens with zero attached hydrogens (tertiary/aromatic N) is 2. The lowest BCUT2D eigenvalue weighted by atomic mass is 10.1. The molecule has 37 heavy (non-hydrogen) atoms. The molecule has 0 saturated carbocycles. The zero-order valence-electron chi connectivity index (χ0n) is 19.5. The van der Waals surface area contributed by atoms with Crippen molar-refractivity contribution in [2.45, 2.75) is 17.8 Å². The predicted molar refractivity (Wildman–Crippen MR) is 135 cm³/mol. The van der Waals surface area contributed by atoms with Crippen LogP contribution in [-0.2, 0) is 22.2 Å². The number of halogens is 3. The third-order valence-corrected chi connectivity index (χ3v) is 6.81. The van der Waals surface area contributed by atoms with Crippen LogP contribution in [0, 0.1) is 11.3 Å². The predicted octanol–water partition coefficient (Wildman–Crippen LogP) is 5.78. The molecular formula is C27H20F3N3O3S. The number of carbonyl (C=O) groups excluding carboxylic acids is 2. The number of ether oxygens (including phenoxy) is 1. The summed E-state index contributed by atoms with van der Waals surface area (Å²) in [6, 6.07) is 21.8. The van der Waals surface area contributed by atoms with E-state index >= 15 is 0 Å². The molecule has 0 bridgehead atoms. The van der Waals surface area contributed by atoms with E-state index in [2.05, 4.69) is 5.32 Å². The highest BCUT2D eigenvalue weighted by Crippen LogP contribution is 2.42. The first kappa shape index (κ1) is 25.9. The molecule has 1 fully saturated rings. The molecule has 188 valence electrons. The molecule has 1 atom stereocenters. The number of carbonyl (C=O) groups is 2. The third kappa shape index (κ3) is 5.62. The van der Waals surface area contributed by atoms with Crippen LogP contribution in [0.25, 0.3) is 0 Å². The normalized spacial score (nSPS) is 16.8. The largest absolute Gasteiger partial charge is 0.495 e. The van der Waals surface area contributed by atoms with E-state index in [1.165, 1.54) is 24.1 Å². The standard InChI is InChI=1S/C27H20F3N3O3S/c1-36-22-13-6-5-12-21(22)32-24(34)20(16-31)26-33(19-10-3-2-4-11-19)25(35)23(37-26)15-17-8-7-9-18(14-17)27(28,29)30/h2-14,23H,15H2,1H3,(H,32,34). The zero-order valence-corrected chi connectivity index (χ0v) is 20.3. The van der Waals surface area contributed by atoms with E-state index in [-0.39, 0.29) is 17.0 Å². The SMILES string of the molecule is COc1ccccc1NC(=O)C(C#N)=C1SC(Cc2cccc(C(F)(F)F)c2)C(=O)N1c1ccccc1. The molecule has 3 aromatic carbocycles. The second-order valence-corrected chi connectivity index (χ2v) is 9.16. The molecule has 1 aliphatic heterocycles. The van der Waals surface area contributed by atoms with Gasteiger partial charge in [-0.05, 0) is 42.3 Å². The molecule has 1 saturated heterocycles. The van der Waals surface area contributed by atoms with Crippen LogP contribution in [0.2, 0.25) is 0 Å². The Morgan fingerprint density at radius 2 is 1.78 bits per heavy atom. The maximum atomic E-state index is 13.5. The van der Waals surface area contributed by atoms with Crippen molar-refractivity contribution in [2.75, 3.05) is 17.3 Å². The van der Waals surface area contributed by atoms with Gasteiger partial charge in [-0.2, -0.15) is 18.4 Å². The first-order chi connectivity index (χ1) is 17.7. The molecular weight excluding hydrogens is 503 g/mol. The molecule has 10 heteroatoms. The Kier molecular flexibility index (Phi) is 7.55. The molecule has 2 amide bonds. The number of thioether (sulfide) groups is 1. The van der Waals surface area contributed by atoms with Gasteiger partial charge < -0.3 is 10.1 Å². The number of hydrogen-bond acceptors (Lipinski definition) is 5. The molecule has 0 aromatic heterocycles. The van der Waals surface area contributed by atoms with E-state index < -0.39 is 28.8 Å². The Morgan fingerprint density at radius 1 is 1.08 bits per heavy atom. The molecule has 1 unspecified atom stereocenters. The maximum Gasteiger partial charge on any atom is 0.416 e. The van der Waals surface area contributed by atoms with E-state index in [4.69, 9.17) is 4.74 Å². The van der Waals surface area contributed by atoms with Gasteiger partial charge in [-0.25, -0.2) is 0 Å². The lowest BCUT2D eigenvalue weighted by Crippen LogP contribution is -2.31. The van der Waals surface area contributed by atoms with Crippen LogP contribution in [0.4, 0.5) is 24.5 Å². The van der Waals surface area contributed by atoms with Gasteiger partial charge in [0.1, 0.15) is 22.4 Å². The van der Waals surface area contributed by atoms with Crippen molar-refractivity contribution in [3.05, 3.63) is 101 Å². The molecule has 1 heterocycles. The van der Waals surface area contributed by atoms with Crippen molar-refractivity contribution in [1.82, 2.24) is 0 Å². The maximum absolute atomic E-state index is 13.5. The van der Waals surface area contributed by atoms with Gasteiger partial charge >= 0.3 is 6.18 Å². The zero-order chi connectivity index (χ0) is 26.6. The Labute approximate surface area is 215 Å². The van der Waals surface area contributed by atoms with E-state index in [1.807, 2.05) is 6.07 Å². The van der Waals surface area contributed by atoms with Crippen molar-refractivity contribution in [2.24, 2.45) is 0 Å². The number of nitrogens with one attached hydrogen (secondary N) is 1. The van der Waals surface area contributed by atoms with E-state index in [0.29, 0.717) is 22.7 Å². The summed E-state index contributed by atoms with van der Waals surface area (Å²) in [4.78, 5) is 27.9. The summed E-state index contributed by atoms with van der Waals surface area (Å²) in [5.74, 6) is -0.806. The second kappa shape index (κ2) is 10.8. The first-order valence-corrected chi connectivity index (χ1v) is 11.9. The minimum absolute atomic E-state index is 0.0207. The monoisotopic (exact) mass is 523 g/mol. The number of alkyl halides is 3. The number of amides is 2. The molecule has 1 aliphatic rings. The summed E-state index contributed by atoms with van der Waals surface area (Å²) in [6.07, 6.45) is -4.54. The van der Waals surface area contributed by atoms with Crippen molar-refractivity contribution in [3.8, 4) is 11.8 Å². The van der Waals surface area contributed by atoms with Crippen molar-refractivity contribution in [3.63, 3.8) is 0 Å². The van der Waals surface area contributed by atoms with Crippen LogP contribution < -0.4 is 15.0 Å². The Hall–Kier alpha value is -4.23. The molecule has 1 N–H and O–H groups in total. The van der Waals surface area contributed by atoms with Gasteiger partial charge in [0.2, 0.25) is 5.91 Å². The summed E-state index contributed by atoms with van der Waals surface area (Å²) >= 11 is 0.972. The van der Waals surface area contributed by atoms with Gasteiger partial charge in [-0.1, -0.05) is 60.3 Å². The second-order valence-electron chi connectivity index (χ2n) is 7.96. The van der Waals surface area contributed by atoms with Crippen LogP contribution in [-0.4, -0.2) is 24.2 Å². The lowest BCUT2D eigenvalue weighted by molar-refractivity contribution is -0.137. The minimum atomic E-state index is -4.52. The Morgan fingerprint density at radius 3 is 2.46 bits per heavy atom. The van der Waals surface area contributed by atoms with Crippen molar-refractivity contribution >= 4 is 35.0 Å². The van der Waals surface area contributed by atoms with Crippen molar-refractivity contribution in [1.29, 1.82) is 5.26 Å². The highest BCUT2D eigenvalue weighted by Gasteiger charge is 2.41. The number of anilines is 2. The van der Waals surface area contributed by atoms with Gasteiger partial charge in [0.15, 0.2) is 0 Å². The quantitative estimate of drug-likeness (QED) is 0.327. The topological polar surface area (TPSA) is 82.4 Å². The van der Waals surface area contributed by atoms with Crippen LogP contribution in [0.3, 0.4) is 0 Å². The molecule has 4 rings (SSSR count). The fourth-order valence-corrected chi connectivity index (χ4v) is 5.13. The summed E-state index contributed by atoms with van der Waals surface area (Å²) < 4.78 is 44.8. The van der Waals surface area contributed by atoms with Gasteiger partial charge in [-0.15, -0.1) is 0 Å². The number of hydrogen-bond donors (Lipinski definition) is 1. The van der Waals surface area contributed by atoms with E-state index in [9.17, 15) is 28.0 Å². The summed E-state index contributed by atoms with van der Waals surface area (Å²) in [5, 5.41) is 11.8. The molecule has 0 spiro atoms. The summed E-state index contributed by atoms with van der Waals surface area (Å²) in [7, 11) is 1.44. The molecule has 3 aromatic rings. The fourth-order valence-electron chi connectivity index (χ4n) is 3.82. The third-order valence-electron chi connectivity index (χ3n) is 5.55. The average molecular weight is 524 g/mol. The van der Waals surface area contributed by atoms with Gasteiger partial charge in [0, 0.05) is 5.69 Å². The van der Waals surface area contributed by atoms with E-state index in [0.717, 1.165) is 23.9 Å². The lowest BCUT2D eigenvalue weighted by Gasteiger charge is -2.19. The van der Waals surface area contributed by atoms with Crippen molar-refractivity contribution < 1.29 is 27.5 Å². The summed E-state index contributed by atoms with van der Waals surface area (Å²) in [5.41, 5.74) is -0.0413. The smallest absolute Gasteiger partial charge is 0.416 e.